The maximum Gasteiger partial charge on any atom is 0.130 e. The largest absolute Gasteiger partial charge is 0.310 e. The molecule has 0 aliphatic carbocycles. The Morgan fingerprint density at radius 2 is 1.86 bits per heavy atom. The summed E-state index contributed by atoms with van der Waals surface area (Å²) in [6.45, 7) is 0.846. The lowest BCUT2D eigenvalue weighted by Gasteiger charge is -2.12. The van der Waals surface area contributed by atoms with Gasteiger partial charge in [-0.3, -0.25) is 0 Å². The van der Waals surface area contributed by atoms with Crippen molar-refractivity contribution in [1.82, 2.24) is 5.32 Å². The Labute approximate surface area is 87.9 Å². The van der Waals surface area contributed by atoms with Crippen LogP contribution in [0.1, 0.15) is 24.4 Å². The second kappa shape index (κ2) is 4.71. The van der Waals surface area contributed by atoms with Gasteiger partial charge in [0.25, 0.3) is 0 Å². The highest BCUT2D eigenvalue weighted by Gasteiger charge is 2.22. The number of benzene rings is 1. The third-order valence-corrected chi connectivity index (χ3v) is 2.41. The van der Waals surface area contributed by atoms with Crippen molar-refractivity contribution in [1.29, 1.82) is 0 Å². The lowest BCUT2D eigenvalue weighted by molar-refractivity contribution is 0.507. The van der Waals surface area contributed by atoms with Gasteiger partial charge in [-0.25, -0.2) is 8.78 Å². The first-order valence-electron chi connectivity index (χ1n) is 4.46. The highest BCUT2D eigenvalue weighted by atomic mass is 35.5. The number of hydrogen-bond donors (Lipinski definition) is 1. The van der Waals surface area contributed by atoms with E-state index in [1.807, 2.05) is 0 Å². The molecule has 1 unspecified atom stereocenters. The van der Waals surface area contributed by atoms with E-state index in [4.69, 9.17) is 0 Å². The quantitative estimate of drug-likeness (QED) is 0.766. The number of rotatable bonds is 1. The third kappa shape index (κ3) is 2.04. The molecule has 0 saturated carbocycles. The van der Waals surface area contributed by atoms with E-state index in [0.29, 0.717) is 0 Å². The number of halogens is 3. The van der Waals surface area contributed by atoms with Crippen LogP contribution in [0.5, 0.6) is 0 Å². The van der Waals surface area contributed by atoms with Crippen LogP contribution in [-0.2, 0) is 0 Å². The van der Waals surface area contributed by atoms with Gasteiger partial charge in [0.05, 0.1) is 0 Å². The van der Waals surface area contributed by atoms with Crippen molar-refractivity contribution in [2.45, 2.75) is 18.9 Å². The van der Waals surface area contributed by atoms with Crippen molar-refractivity contribution in [2.24, 2.45) is 0 Å². The Balaban J connectivity index is 0.000000980. The van der Waals surface area contributed by atoms with Gasteiger partial charge in [0, 0.05) is 11.6 Å². The highest BCUT2D eigenvalue weighted by Crippen LogP contribution is 2.27. The lowest BCUT2D eigenvalue weighted by Crippen LogP contribution is -2.15. The van der Waals surface area contributed by atoms with Gasteiger partial charge in [-0.1, -0.05) is 6.07 Å². The molecule has 1 aliphatic heterocycles. The van der Waals surface area contributed by atoms with E-state index in [0.717, 1.165) is 19.4 Å². The summed E-state index contributed by atoms with van der Waals surface area (Å²) in [6, 6.07) is 3.86. The summed E-state index contributed by atoms with van der Waals surface area (Å²) in [6.07, 6.45) is 1.80. The summed E-state index contributed by atoms with van der Waals surface area (Å²) < 4.78 is 26.4. The van der Waals surface area contributed by atoms with Crippen LogP contribution in [0.25, 0.3) is 0 Å². The van der Waals surface area contributed by atoms with Crippen LogP contribution >= 0.6 is 12.4 Å². The molecule has 0 bridgehead atoms. The first-order chi connectivity index (χ1) is 6.29. The molecule has 78 valence electrons. The minimum Gasteiger partial charge on any atom is -0.310 e. The van der Waals surface area contributed by atoms with Crippen LogP contribution in [0.15, 0.2) is 18.2 Å². The third-order valence-electron chi connectivity index (χ3n) is 2.41. The Hall–Kier alpha value is -0.670. The van der Waals surface area contributed by atoms with Gasteiger partial charge in [0.2, 0.25) is 0 Å². The Kier molecular flexibility index (Phi) is 3.84. The summed E-state index contributed by atoms with van der Waals surface area (Å²) in [5.74, 6) is -0.890. The lowest BCUT2D eigenvalue weighted by atomic mass is 10.0. The van der Waals surface area contributed by atoms with Gasteiger partial charge < -0.3 is 5.32 Å². The fourth-order valence-electron chi connectivity index (χ4n) is 1.77. The molecule has 4 heteroatoms. The van der Waals surface area contributed by atoms with E-state index >= 15 is 0 Å². The molecule has 1 aromatic rings. The van der Waals surface area contributed by atoms with Gasteiger partial charge in [0.1, 0.15) is 11.6 Å². The van der Waals surface area contributed by atoms with E-state index in [1.165, 1.54) is 18.2 Å². The molecular formula is C10H12ClF2N. The first-order valence-corrected chi connectivity index (χ1v) is 4.46. The Bertz CT molecular complexity index is 291. The molecule has 1 aliphatic rings. The van der Waals surface area contributed by atoms with E-state index < -0.39 is 11.6 Å². The fourth-order valence-corrected chi connectivity index (χ4v) is 1.77. The Morgan fingerprint density at radius 3 is 2.36 bits per heavy atom. The molecule has 1 atom stereocenters. The topological polar surface area (TPSA) is 12.0 Å². The van der Waals surface area contributed by atoms with Crippen LogP contribution in [0.4, 0.5) is 8.78 Å². The number of nitrogens with one attached hydrogen (secondary N) is 1. The zero-order valence-corrected chi connectivity index (χ0v) is 8.41. The fraction of sp³-hybridized carbons (Fsp3) is 0.400. The van der Waals surface area contributed by atoms with Crippen LogP contribution in [0.2, 0.25) is 0 Å². The molecule has 14 heavy (non-hydrogen) atoms. The molecule has 1 nitrogen and oxygen atoms in total. The molecule has 2 rings (SSSR count). The highest BCUT2D eigenvalue weighted by molar-refractivity contribution is 5.85. The molecule has 1 fully saturated rings. The molecule has 0 radical (unpaired) electrons. The predicted octanol–water partition coefficient (Wildman–Crippen LogP) is 2.81. The zero-order valence-electron chi connectivity index (χ0n) is 7.59. The zero-order chi connectivity index (χ0) is 9.26. The summed E-state index contributed by atoms with van der Waals surface area (Å²) in [5.41, 5.74) is 0.194. The molecule has 1 N–H and O–H groups in total. The molecular weight excluding hydrogens is 208 g/mol. The second-order valence-corrected chi connectivity index (χ2v) is 3.28. The van der Waals surface area contributed by atoms with Crippen molar-refractivity contribution in [2.75, 3.05) is 6.54 Å². The minimum atomic E-state index is -0.445. The van der Waals surface area contributed by atoms with Gasteiger partial charge in [-0.2, -0.15) is 0 Å². The van der Waals surface area contributed by atoms with Gasteiger partial charge in [-0.05, 0) is 31.5 Å². The van der Waals surface area contributed by atoms with E-state index in [-0.39, 0.29) is 24.0 Å². The summed E-state index contributed by atoms with van der Waals surface area (Å²) in [7, 11) is 0. The molecule has 0 spiro atoms. The Morgan fingerprint density at radius 1 is 1.21 bits per heavy atom. The van der Waals surface area contributed by atoms with Crippen LogP contribution in [0.3, 0.4) is 0 Å². The predicted molar refractivity (Wildman–Crippen MR) is 53.6 cm³/mol. The standard InChI is InChI=1S/C10H11F2N.ClH/c11-7-3-1-4-8(12)10(7)9-5-2-6-13-9;/h1,3-4,9,13H,2,5-6H2;1H. The van der Waals surface area contributed by atoms with Crippen LogP contribution < -0.4 is 5.32 Å². The van der Waals surface area contributed by atoms with E-state index in [9.17, 15) is 8.78 Å². The normalized spacial score (nSPS) is 20.6. The summed E-state index contributed by atoms with van der Waals surface area (Å²) >= 11 is 0. The molecule has 0 aromatic heterocycles. The molecule has 1 aromatic carbocycles. The van der Waals surface area contributed by atoms with E-state index in [1.54, 1.807) is 0 Å². The van der Waals surface area contributed by atoms with Crippen molar-refractivity contribution < 1.29 is 8.78 Å². The average molecular weight is 220 g/mol. The van der Waals surface area contributed by atoms with Crippen molar-refractivity contribution >= 4 is 12.4 Å². The SMILES string of the molecule is Cl.Fc1cccc(F)c1C1CCCN1. The maximum absolute atomic E-state index is 13.2. The maximum atomic E-state index is 13.2. The molecule has 0 amide bonds. The van der Waals surface area contributed by atoms with Gasteiger partial charge >= 0.3 is 0 Å². The number of hydrogen-bond acceptors (Lipinski definition) is 1. The second-order valence-electron chi connectivity index (χ2n) is 3.28. The van der Waals surface area contributed by atoms with Gasteiger partial charge in [0.15, 0.2) is 0 Å². The first kappa shape index (κ1) is 11.4. The minimum absolute atomic E-state index is 0. The van der Waals surface area contributed by atoms with Crippen LogP contribution in [-0.4, -0.2) is 6.54 Å². The van der Waals surface area contributed by atoms with Crippen molar-refractivity contribution in [3.63, 3.8) is 0 Å². The van der Waals surface area contributed by atoms with E-state index in [2.05, 4.69) is 5.32 Å². The molecule has 1 saturated heterocycles. The average Bonchev–Trinajstić information content (AvgIpc) is 2.57. The smallest absolute Gasteiger partial charge is 0.130 e. The van der Waals surface area contributed by atoms with Crippen molar-refractivity contribution in [3.05, 3.63) is 35.4 Å². The van der Waals surface area contributed by atoms with Crippen LogP contribution in [0, 0.1) is 11.6 Å². The summed E-state index contributed by atoms with van der Waals surface area (Å²) in [5, 5.41) is 3.07. The van der Waals surface area contributed by atoms with Crippen molar-refractivity contribution in [3.8, 4) is 0 Å². The van der Waals surface area contributed by atoms with Gasteiger partial charge in [-0.15, -0.1) is 12.4 Å². The monoisotopic (exact) mass is 219 g/mol. The summed E-state index contributed by atoms with van der Waals surface area (Å²) in [4.78, 5) is 0. The molecule has 1 heterocycles.